The van der Waals surface area contributed by atoms with Gasteiger partial charge in [-0.05, 0) is 81.6 Å². The van der Waals surface area contributed by atoms with E-state index in [1.165, 1.54) is 40.7 Å². The SMILES string of the molecule is C.C=CCC(=C)c1ccc(/C(C(=C)C)=C(C)/C=C\C=C/C)c(C)c1.CCCC.CNC. The number of unbranched alkanes of at least 4 members (excludes halogenated alkanes) is 1. The number of rotatable bonds is 8. The van der Waals surface area contributed by atoms with Crippen molar-refractivity contribution in [1.29, 1.82) is 0 Å². The van der Waals surface area contributed by atoms with Crippen molar-refractivity contribution in [3.8, 4) is 0 Å². The van der Waals surface area contributed by atoms with E-state index in [4.69, 9.17) is 0 Å². The van der Waals surface area contributed by atoms with E-state index in [1.54, 1.807) is 0 Å². The standard InChI is InChI=1S/C23H28.C4H10.C2H7N.CH4/c1-8-10-11-13-19(6)23(17(3)4)22-15-14-21(16-20(22)7)18(5)12-9-2;1-3-4-2;1-3-2;/h8-11,13-16H,2-3,5,12H2,1,4,6-7H3;3-4H2,1-2H3;3H,1-2H3;1H4/b10-8-,13-11-,23-19+;;;. The summed E-state index contributed by atoms with van der Waals surface area (Å²) in [6.45, 7) is 24.8. The molecule has 1 N–H and O–H groups in total. The Balaban J connectivity index is -0.000000856. The van der Waals surface area contributed by atoms with E-state index in [-0.39, 0.29) is 7.43 Å². The van der Waals surface area contributed by atoms with Crippen LogP contribution in [0.15, 0.2) is 79.5 Å². The highest BCUT2D eigenvalue weighted by Gasteiger charge is 2.10. The third kappa shape index (κ3) is 14.3. The van der Waals surface area contributed by atoms with Gasteiger partial charge in [-0.2, -0.15) is 0 Å². The summed E-state index contributed by atoms with van der Waals surface area (Å²) in [5.74, 6) is 0. The van der Waals surface area contributed by atoms with Crippen molar-refractivity contribution in [2.75, 3.05) is 14.1 Å². The van der Waals surface area contributed by atoms with Crippen LogP contribution < -0.4 is 5.32 Å². The highest BCUT2D eigenvalue weighted by molar-refractivity contribution is 5.84. The van der Waals surface area contributed by atoms with Crippen LogP contribution in [0.4, 0.5) is 0 Å². The Hall–Kier alpha value is -2.38. The molecule has 1 nitrogen and oxygen atoms in total. The summed E-state index contributed by atoms with van der Waals surface area (Å²) in [6.07, 6.45) is 13.6. The molecule has 0 aliphatic rings. The van der Waals surface area contributed by atoms with Crippen molar-refractivity contribution in [3.05, 3.63) is 96.2 Å². The van der Waals surface area contributed by atoms with Gasteiger partial charge in [-0.1, -0.05) is 101 Å². The average Bonchev–Trinajstić information content (AvgIpc) is 2.70. The second-order valence-electron chi connectivity index (χ2n) is 7.35. The molecule has 1 aromatic carbocycles. The Morgan fingerprint density at radius 2 is 1.58 bits per heavy atom. The van der Waals surface area contributed by atoms with Crippen LogP contribution >= 0.6 is 0 Å². The summed E-state index contributed by atoms with van der Waals surface area (Å²) in [7, 11) is 3.75. The van der Waals surface area contributed by atoms with Crippen LogP contribution in [-0.2, 0) is 0 Å². The molecule has 1 heteroatoms. The fourth-order valence-electron chi connectivity index (χ4n) is 2.63. The molecule has 0 radical (unpaired) electrons. The third-order valence-electron chi connectivity index (χ3n) is 4.27. The maximum Gasteiger partial charge on any atom is -0.0100 e. The minimum atomic E-state index is 0. The molecular formula is C30H49N. The first-order valence-electron chi connectivity index (χ1n) is 10.9. The molecule has 0 unspecified atom stereocenters. The highest BCUT2D eigenvalue weighted by atomic mass is 14.7. The van der Waals surface area contributed by atoms with Gasteiger partial charge in [0.05, 0.1) is 0 Å². The highest BCUT2D eigenvalue weighted by Crippen LogP contribution is 2.30. The molecule has 174 valence electrons. The maximum absolute atomic E-state index is 4.17. The number of hydrogen-bond donors (Lipinski definition) is 1. The van der Waals surface area contributed by atoms with Crippen LogP contribution in [0.3, 0.4) is 0 Å². The second kappa shape index (κ2) is 20.9. The maximum atomic E-state index is 4.17. The number of hydrogen-bond acceptors (Lipinski definition) is 1. The van der Waals surface area contributed by atoms with Crippen molar-refractivity contribution in [1.82, 2.24) is 5.32 Å². The third-order valence-corrected chi connectivity index (χ3v) is 4.27. The molecule has 0 heterocycles. The molecule has 0 amide bonds. The summed E-state index contributed by atoms with van der Waals surface area (Å²) >= 11 is 0. The smallest absolute Gasteiger partial charge is 0.0100 e. The van der Waals surface area contributed by atoms with Crippen molar-refractivity contribution in [2.45, 2.75) is 68.2 Å². The molecule has 0 saturated carbocycles. The van der Waals surface area contributed by atoms with Crippen molar-refractivity contribution >= 4 is 11.1 Å². The lowest BCUT2D eigenvalue weighted by Crippen LogP contribution is -1.95. The van der Waals surface area contributed by atoms with Crippen molar-refractivity contribution in [3.63, 3.8) is 0 Å². The normalized spacial score (nSPS) is 10.8. The molecule has 31 heavy (non-hydrogen) atoms. The van der Waals surface area contributed by atoms with Gasteiger partial charge < -0.3 is 5.32 Å². The van der Waals surface area contributed by atoms with Gasteiger partial charge in [0, 0.05) is 0 Å². The van der Waals surface area contributed by atoms with Gasteiger partial charge in [-0.25, -0.2) is 0 Å². The zero-order chi connectivity index (χ0) is 23.5. The first kappa shape index (κ1) is 33.3. The Labute approximate surface area is 195 Å². The summed E-state index contributed by atoms with van der Waals surface area (Å²) in [6, 6.07) is 6.52. The van der Waals surface area contributed by atoms with Crippen molar-refractivity contribution < 1.29 is 0 Å². The predicted molar refractivity (Wildman–Crippen MR) is 149 cm³/mol. The molecule has 0 saturated heterocycles. The summed E-state index contributed by atoms with van der Waals surface area (Å²) in [5, 5.41) is 2.75. The first-order valence-corrected chi connectivity index (χ1v) is 10.9. The van der Waals surface area contributed by atoms with Gasteiger partial charge in [-0.15, -0.1) is 6.58 Å². The van der Waals surface area contributed by atoms with Gasteiger partial charge >= 0.3 is 0 Å². The summed E-state index contributed by atoms with van der Waals surface area (Å²) < 4.78 is 0. The predicted octanol–water partition coefficient (Wildman–Crippen LogP) is 9.34. The van der Waals surface area contributed by atoms with E-state index in [0.717, 1.165) is 17.6 Å². The molecule has 1 rings (SSSR count). The number of allylic oxidation sites excluding steroid dienone is 9. The lowest BCUT2D eigenvalue weighted by Gasteiger charge is -2.15. The van der Waals surface area contributed by atoms with Crippen LogP contribution in [-0.4, -0.2) is 14.1 Å². The quantitative estimate of drug-likeness (QED) is 0.324. The minimum absolute atomic E-state index is 0. The van der Waals surface area contributed by atoms with Crippen LogP contribution in [0.25, 0.3) is 11.1 Å². The van der Waals surface area contributed by atoms with Crippen LogP contribution in [0, 0.1) is 6.92 Å². The largest absolute Gasteiger partial charge is 0.323 e. The Morgan fingerprint density at radius 1 is 1.03 bits per heavy atom. The fraction of sp³-hybridized carbons (Fsp3) is 0.400. The van der Waals surface area contributed by atoms with Crippen molar-refractivity contribution in [2.24, 2.45) is 0 Å². The van der Waals surface area contributed by atoms with Gasteiger partial charge in [-0.3, -0.25) is 0 Å². The van der Waals surface area contributed by atoms with Gasteiger partial charge in [0.25, 0.3) is 0 Å². The lowest BCUT2D eigenvalue weighted by atomic mass is 9.89. The van der Waals surface area contributed by atoms with E-state index in [0.29, 0.717) is 0 Å². The van der Waals surface area contributed by atoms with Crippen LogP contribution in [0.1, 0.15) is 78.0 Å². The van der Waals surface area contributed by atoms with E-state index >= 15 is 0 Å². The molecule has 0 aliphatic carbocycles. The molecular weight excluding hydrogens is 374 g/mol. The second-order valence-corrected chi connectivity index (χ2v) is 7.35. The van der Waals surface area contributed by atoms with E-state index in [2.05, 4.69) is 90.0 Å². The zero-order valence-corrected chi connectivity index (χ0v) is 20.9. The number of nitrogens with one attached hydrogen (secondary N) is 1. The van der Waals surface area contributed by atoms with Crippen LogP contribution in [0.2, 0.25) is 0 Å². The van der Waals surface area contributed by atoms with E-state index < -0.39 is 0 Å². The molecule has 1 aromatic rings. The fourth-order valence-corrected chi connectivity index (χ4v) is 2.63. The molecule has 0 atom stereocenters. The zero-order valence-electron chi connectivity index (χ0n) is 20.9. The molecule has 0 fully saturated rings. The van der Waals surface area contributed by atoms with E-state index in [1.807, 2.05) is 39.2 Å². The topological polar surface area (TPSA) is 12.0 Å². The van der Waals surface area contributed by atoms with Gasteiger partial charge in [0.2, 0.25) is 0 Å². The first-order chi connectivity index (χ1) is 14.2. The van der Waals surface area contributed by atoms with Gasteiger partial charge in [0.1, 0.15) is 0 Å². The summed E-state index contributed by atoms with van der Waals surface area (Å²) in [4.78, 5) is 0. The lowest BCUT2D eigenvalue weighted by molar-refractivity contribution is 0.886. The molecule has 0 aliphatic heterocycles. The Morgan fingerprint density at radius 3 is 1.97 bits per heavy atom. The number of aryl methyl sites for hydroxylation is 1. The number of benzene rings is 1. The van der Waals surface area contributed by atoms with Crippen LogP contribution in [0.5, 0.6) is 0 Å². The average molecular weight is 424 g/mol. The molecule has 0 aromatic heterocycles. The Bertz CT molecular complexity index is 740. The van der Waals surface area contributed by atoms with E-state index in [9.17, 15) is 0 Å². The minimum Gasteiger partial charge on any atom is -0.323 e. The Kier molecular flexibility index (Phi) is 22.4. The molecule has 0 spiro atoms. The molecule has 0 bridgehead atoms. The van der Waals surface area contributed by atoms with Gasteiger partial charge in [0.15, 0.2) is 0 Å². The summed E-state index contributed by atoms with van der Waals surface area (Å²) in [5.41, 5.74) is 8.25. The monoisotopic (exact) mass is 423 g/mol.